The molecule has 1 rings (SSSR count). The van der Waals surface area contributed by atoms with Crippen LogP contribution in [0.1, 0.15) is 19.3 Å². The summed E-state index contributed by atoms with van der Waals surface area (Å²) in [5.41, 5.74) is 0. The van der Waals surface area contributed by atoms with Crippen LogP contribution in [0.25, 0.3) is 0 Å². The molecule has 1 aliphatic heterocycles. The Hall–Kier alpha value is -0.740. The molecule has 1 aliphatic rings. The molecule has 0 spiro atoms. The minimum atomic E-state index is -4.15. The molecule has 0 radical (unpaired) electrons. The predicted molar refractivity (Wildman–Crippen MR) is 36.4 cm³/mol. The molecule has 1 amide bonds. The fourth-order valence-electron chi connectivity index (χ4n) is 1.25. The van der Waals surface area contributed by atoms with E-state index in [4.69, 9.17) is 0 Å². The molecular formula is C7H10F3NO. The topological polar surface area (TPSA) is 29.1 Å². The van der Waals surface area contributed by atoms with E-state index in [0.717, 1.165) is 0 Å². The van der Waals surface area contributed by atoms with E-state index in [1.165, 1.54) is 0 Å². The molecule has 2 nitrogen and oxygen atoms in total. The Morgan fingerprint density at radius 2 is 2.00 bits per heavy atom. The first kappa shape index (κ1) is 9.35. The van der Waals surface area contributed by atoms with Crippen molar-refractivity contribution in [2.45, 2.75) is 25.4 Å². The van der Waals surface area contributed by atoms with Gasteiger partial charge in [-0.05, 0) is 12.8 Å². The van der Waals surface area contributed by atoms with Crippen molar-refractivity contribution in [2.75, 3.05) is 6.54 Å². The Bertz CT molecular complexity index is 178. The molecule has 1 heterocycles. The molecule has 1 atom stereocenters. The normalized spacial score (nSPS) is 26.2. The molecule has 1 fully saturated rings. The molecule has 0 aromatic carbocycles. The van der Waals surface area contributed by atoms with E-state index in [1.807, 2.05) is 0 Å². The van der Waals surface area contributed by atoms with Crippen LogP contribution in [0.15, 0.2) is 0 Å². The molecule has 0 aromatic rings. The first-order chi connectivity index (χ1) is 5.50. The van der Waals surface area contributed by atoms with Gasteiger partial charge >= 0.3 is 6.18 Å². The summed E-state index contributed by atoms with van der Waals surface area (Å²) in [4.78, 5) is 10.7. The van der Waals surface area contributed by atoms with Crippen LogP contribution < -0.4 is 5.32 Å². The number of hydrogen-bond donors (Lipinski definition) is 1. The van der Waals surface area contributed by atoms with Crippen molar-refractivity contribution in [1.29, 1.82) is 0 Å². The van der Waals surface area contributed by atoms with Gasteiger partial charge in [0.05, 0.1) is 5.92 Å². The summed E-state index contributed by atoms with van der Waals surface area (Å²) >= 11 is 0. The third-order valence-electron chi connectivity index (χ3n) is 2.00. The number of carbonyl (C=O) groups is 1. The molecule has 0 aromatic heterocycles. The van der Waals surface area contributed by atoms with Crippen LogP contribution in [0.2, 0.25) is 0 Å². The Morgan fingerprint density at radius 3 is 2.58 bits per heavy atom. The van der Waals surface area contributed by atoms with Gasteiger partial charge in [-0.2, -0.15) is 13.2 Å². The van der Waals surface area contributed by atoms with E-state index < -0.39 is 12.1 Å². The molecule has 5 heteroatoms. The second kappa shape index (κ2) is 3.33. The number of amides is 1. The second-order valence-electron chi connectivity index (χ2n) is 2.92. The molecule has 0 saturated carbocycles. The third-order valence-corrected chi connectivity index (χ3v) is 2.00. The van der Waals surface area contributed by atoms with E-state index in [1.54, 1.807) is 0 Å². The standard InChI is InChI=1S/C7H10F3NO/c8-7(9,10)5-1-2-6(12)11-4-3-5/h5H,1-4H2,(H,11,12). The van der Waals surface area contributed by atoms with Crippen molar-refractivity contribution >= 4 is 5.91 Å². The maximum atomic E-state index is 12.1. The van der Waals surface area contributed by atoms with Crippen molar-refractivity contribution < 1.29 is 18.0 Å². The largest absolute Gasteiger partial charge is 0.391 e. The maximum absolute atomic E-state index is 12.1. The highest BCUT2D eigenvalue weighted by Gasteiger charge is 2.39. The van der Waals surface area contributed by atoms with Crippen LogP contribution in [-0.2, 0) is 4.79 Å². The van der Waals surface area contributed by atoms with E-state index >= 15 is 0 Å². The molecule has 0 bridgehead atoms. The van der Waals surface area contributed by atoms with Crippen molar-refractivity contribution in [3.05, 3.63) is 0 Å². The first-order valence-corrected chi connectivity index (χ1v) is 3.83. The van der Waals surface area contributed by atoms with Crippen LogP contribution in [0.5, 0.6) is 0 Å². The first-order valence-electron chi connectivity index (χ1n) is 3.83. The Kier molecular flexibility index (Phi) is 2.59. The number of hydrogen-bond acceptors (Lipinski definition) is 1. The zero-order valence-electron chi connectivity index (χ0n) is 6.45. The summed E-state index contributed by atoms with van der Waals surface area (Å²) in [5, 5.41) is 2.41. The summed E-state index contributed by atoms with van der Waals surface area (Å²) < 4.78 is 36.3. The van der Waals surface area contributed by atoms with Crippen molar-refractivity contribution in [3.63, 3.8) is 0 Å². The van der Waals surface area contributed by atoms with Gasteiger partial charge in [0.25, 0.3) is 0 Å². The number of nitrogens with one attached hydrogen (secondary N) is 1. The van der Waals surface area contributed by atoms with E-state index in [9.17, 15) is 18.0 Å². The Morgan fingerprint density at radius 1 is 1.33 bits per heavy atom. The molecule has 70 valence electrons. The van der Waals surface area contributed by atoms with Crippen molar-refractivity contribution in [3.8, 4) is 0 Å². The fourth-order valence-corrected chi connectivity index (χ4v) is 1.25. The van der Waals surface area contributed by atoms with E-state index in [2.05, 4.69) is 5.32 Å². The van der Waals surface area contributed by atoms with Crippen molar-refractivity contribution in [2.24, 2.45) is 5.92 Å². The van der Waals surface area contributed by atoms with Gasteiger partial charge in [-0.3, -0.25) is 4.79 Å². The van der Waals surface area contributed by atoms with E-state index in [-0.39, 0.29) is 31.7 Å². The average Bonchev–Trinajstić information content (AvgIpc) is 2.11. The lowest BCUT2D eigenvalue weighted by Crippen LogP contribution is -2.24. The number of halogens is 3. The minimum Gasteiger partial charge on any atom is -0.356 e. The number of alkyl halides is 3. The average molecular weight is 181 g/mol. The molecule has 1 unspecified atom stereocenters. The monoisotopic (exact) mass is 181 g/mol. The van der Waals surface area contributed by atoms with Gasteiger partial charge in [0.15, 0.2) is 0 Å². The summed E-state index contributed by atoms with van der Waals surface area (Å²) in [5.74, 6) is -1.58. The van der Waals surface area contributed by atoms with Gasteiger partial charge < -0.3 is 5.32 Å². The van der Waals surface area contributed by atoms with Crippen LogP contribution in [0, 0.1) is 5.92 Å². The SMILES string of the molecule is O=C1CCC(C(F)(F)F)CCN1. The number of rotatable bonds is 0. The van der Waals surface area contributed by atoms with Crippen LogP contribution in [0.3, 0.4) is 0 Å². The molecule has 0 aliphatic carbocycles. The third kappa shape index (κ3) is 2.39. The van der Waals surface area contributed by atoms with Gasteiger partial charge in [-0.1, -0.05) is 0 Å². The van der Waals surface area contributed by atoms with Crippen LogP contribution in [-0.4, -0.2) is 18.6 Å². The summed E-state index contributed by atoms with van der Waals surface area (Å²) in [6.07, 6.45) is -4.22. The predicted octanol–water partition coefficient (Wildman–Crippen LogP) is 1.47. The molecule has 1 saturated heterocycles. The lowest BCUT2D eigenvalue weighted by Gasteiger charge is -2.16. The Balaban J connectivity index is 2.52. The number of carbonyl (C=O) groups excluding carboxylic acids is 1. The highest BCUT2D eigenvalue weighted by molar-refractivity contribution is 5.76. The fraction of sp³-hybridized carbons (Fsp3) is 0.857. The summed E-state index contributed by atoms with van der Waals surface area (Å²) in [7, 11) is 0. The highest BCUT2D eigenvalue weighted by Crippen LogP contribution is 2.32. The van der Waals surface area contributed by atoms with Gasteiger partial charge in [0.2, 0.25) is 5.91 Å². The summed E-state index contributed by atoms with van der Waals surface area (Å²) in [6, 6.07) is 0. The zero-order valence-corrected chi connectivity index (χ0v) is 6.45. The van der Waals surface area contributed by atoms with Crippen LogP contribution >= 0.6 is 0 Å². The van der Waals surface area contributed by atoms with Gasteiger partial charge in [0, 0.05) is 13.0 Å². The quantitative estimate of drug-likeness (QED) is 0.602. The summed E-state index contributed by atoms with van der Waals surface area (Å²) in [6.45, 7) is 0.142. The zero-order chi connectivity index (χ0) is 9.19. The van der Waals surface area contributed by atoms with Crippen LogP contribution in [0.4, 0.5) is 13.2 Å². The molecule has 12 heavy (non-hydrogen) atoms. The maximum Gasteiger partial charge on any atom is 0.391 e. The van der Waals surface area contributed by atoms with Crippen molar-refractivity contribution in [1.82, 2.24) is 5.32 Å². The van der Waals surface area contributed by atoms with Gasteiger partial charge in [-0.15, -0.1) is 0 Å². The second-order valence-corrected chi connectivity index (χ2v) is 2.92. The van der Waals surface area contributed by atoms with E-state index in [0.29, 0.717) is 0 Å². The highest BCUT2D eigenvalue weighted by atomic mass is 19.4. The molecular weight excluding hydrogens is 171 g/mol. The minimum absolute atomic E-state index is 0.00917. The molecule has 1 N–H and O–H groups in total. The smallest absolute Gasteiger partial charge is 0.356 e. The Labute approximate surface area is 68.1 Å². The lowest BCUT2D eigenvalue weighted by atomic mass is 10.0. The lowest BCUT2D eigenvalue weighted by molar-refractivity contribution is -0.176. The van der Waals surface area contributed by atoms with Gasteiger partial charge in [0.1, 0.15) is 0 Å². The van der Waals surface area contributed by atoms with Gasteiger partial charge in [-0.25, -0.2) is 0 Å².